The van der Waals surface area contributed by atoms with E-state index < -0.39 is 6.04 Å². The maximum atomic E-state index is 12.9. The lowest BCUT2D eigenvalue weighted by Crippen LogP contribution is -2.47. The number of carbonyl (C=O) groups excluding carboxylic acids is 2. The first kappa shape index (κ1) is 19.5. The molecule has 0 aromatic heterocycles. The first-order valence-electron chi connectivity index (χ1n) is 8.64. The molecule has 0 bridgehead atoms. The largest absolute Gasteiger partial charge is 0.497 e. The second kappa shape index (κ2) is 9.04. The zero-order valence-electron chi connectivity index (χ0n) is 15.8. The Bertz CT molecular complexity index is 756. The number of benzene rings is 2. The van der Waals surface area contributed by atoms with E-state index in [9.17, 15) is 9.59 Å². The maximum Gasteiger partial charge on any atom is 0.242 e. The van der Waals surface area contributed by atoms with Gasteiger partial charge in [0.2, 0.25) is 11.8 Å². The quantitative estimate of drug-likeness (QED) is 0.832. The first-order chi connectivity index (χ1) is 12.4. The van der Waals surface area contributed by atoms with E-state index in [0.717, 1.165) is 22.4 Å². The van der Waals surface area contributed by atoms with E-state index in [0.29, 0.717) is 6.54 Å². The Labute approximate surface area is 155 Å². The minimum Gasteiger partial charge on any atom is -0.497 e. The van der Waals surface area contributed by atoms with Crippen LogP contribution in [0.4, 0.5) is 0 Å². The average molecular weight is 354 g/mol. The van der Waals surface area contributed by atoms with Crippen LogP contribution in [0.3, 0.4) is 0 Å². The molecule has 5 heteroatoms. The number of rotatable bonds is 7. The number of nitrogens with one attached hydrogen (secondary N) is 1. The lowest BCUT2D eigenvalue weighted by atomic mass is 10.1. The Hall–Kier alpha value is -2.82. The van der Waals surface area contributed by atoms with Crippen LogP contribution >= 0.6 is 0 Å². The molecule has 0 radical (unpaired) electrons. The van der Waals surface area contributed by atoms with E-state index in [2.05, 4.69) is 5.32 Å². The number of carbonyl (C=O) groups is 2. The van der Waals surface area contributed by atoms with Gasteiger partial charge in [-0.05, 0) is 37.1 Å². The predicted molar refractivity (Wildman–Crippen MR) is 102 cm³/mol. The standard InChI is InChI=1S/C21H26N2O3/c1-15-6-5-7-18(12-15)13-20(24)23(16(2)21(25)22-3)14-17-8-10-19(26-4)11-9-17/h5-12,16H,13-14H2,1-4H3,(H,22,25)/t16-/m0/s1. The molecule has 5 nitrogen and oxygen atoms in total. The van der Waals surface area contributed by atoms with Gasteiger partial charge in [-0.3, -0.25) is 9.59 Å². The molecule has 1 atom stereocenters. The molecular weight excluding hydrogens is 328 g/mol. The SMILES string of the molecule is CNC(=O)[C@H](C)N(Cc1ccc(OC)cc1)C(=O)Cc1cccc(C)c1. The van der Waals surface area contributed by atoms with Crippen molar-refractivity contribution in [1.82, 2.24) is 10.2 Å². The third kappa shape index (κ3) is 5.09. The van der Waals surface area contributed by atoms with Crippen molar-refractivity contribution in [2.75, 3.05) is 14.2 Å². The van der Waals surface area contributed by atoms with Crippen LogP contribution in [0.5, 0.6) is 5.75 Å². The fourth-order valence-corrected chi connectivity index (χ4v) is 2.82. The second-order valence-electron chi connectivity index (χ2n) is 6.33. The maximum absolute atomic E-state index is 12.9. The lowest BCUT2D eigenvalue weighted by Gasteiger charge is -2.28. The fraction of sp³-hybridized carbons (Fsp3) is 0.333. The first-order valence-corrected chi connectivity index (χ1v) is 8.64. The number of hydrogen-bond acceptors (Lipinski definition) is 3. The van der Waals surface area contributed by atoms with Gasteiger partial charge in [-0.2, -0.15) is 0 Å². The molecule has 0 aliphatic carbocycles. The number of nitrogens with zero attached hydrogens (tertiary/aromatic N) is 1. The van der Waals surface area contributed by atoms with Gasteiger partial charge in [0.15, 0.2) is 0 Å². The molecule has 0 unspecified atom stereocenters. The Morgan fingerprint density at radius 2 is 1.81 bits per heavy atom. The molecular formula is C21H26N2O3. The molecule has 0 fully saturated rings. The van der Waals surface area contributed by atoms with E-state index in [1.807, 2.05) is 55.5 Å². The van der Waals surface area contributed by atoms with Gasteiger partial charge in [-0.15, -0.1) is 0 Å². The van der Waals surface area contributed by atoms with Crippen LogP contribution in [-0.4, -0.2) is 36.9 Å². The van der Waals surface area contributed by atoms with E-state index in [1.165, 1.54) is 0 Å². The van der Waals surface area contributed by atoms with Crippen molar-refractivity contribution in [1.29, 1.82) is 0 Å². The van der Waals surface area contributed by atoms with E-state index >= 15 is 0 Å². The van der Waals surface area contributed by atoms with Gasteiger partial charge in [0.25, 0.3) is 0 Å². The summed E-state index contributed by atoms with van der Waals surface area (Å²) < 4.78 is 5.17. The van der Waals surface area contributed by atoms with Crippen molar-refractivity contribution in [2.45, 2.75) is 32.9 Å². The van der Waals surface area contributed by atoms with Crippen LogP contribution in [0.1, 0.15) is 23.6 Å². The summed E-state index contributed by atoms with van der Waals surface area (Å²) >= 11 is 0. The molecule has 26 heavy (non-hydrogen) atoms. The lowest BCUT2D eigenvalue weighted by molar-refractivity contribution is -0.139. The number of methoxy groups -OCH3 is 1. The van der Waals surface area contributed by atoms with Crippen LogP contribution in [0.25, 0.3) is 0 Å². The second-order valence-corrected chi connectivity index (χ2v) is 6.33. The van der Waals surface area contributed by atoms with Gasteiger partial charge in [0, 0.05) is 13.6 Å². The smallest absolute Gasteiger partial charge is 0.242 e. The minimum atomic E-state index is -0.556. The Kier molecular flexibility index (Phi) is 6.78. The summed E-state index contributed by atoms with van der Waals surface area (Å²) in [5.74, 6) is 0.490. The molecule has 2 aromatic carbocycles. The number of hydrogen-bond donors (Lipinski definition) is 1. The number of ether oxygens (including phenoxy) is 1. The van der Waals surface area contributed by atoms with Crippen LogP contribution in [0.15, 0.2) is 48.5 Å². The van der Waals surface area contributed by atoms with Gasteiger partial charge < -0.3 is 15.0 Å². The van der Waals surface area contributed by atoms with Crippen LogP contribution in [0, 0.1) is 6.92 Å². The molecule has 0 aliphatic heterocycles. The topological polar surface area (TPSA) is 58.6 Å². The highest BCUT2D eigenvalue weighted by Gasteiger charge is 2.25. The summed E-state index contributed by atoms with van der Waals surface area (Å²) in [7, 11) is 3.19. The number of likely N-dealkylation sites (N-methyl/N-ethyl adjacent to an activating group) is 1. The van der Waals surface area contributed by atoms with E-state index in [-0.39, 0.29) is 18.2 Å². The molecule has 2 aromatic rings. The highest BCUT2D eigenvalue weighted by molar-refractivity contribution is 5.88. The zero-order chi connectivity index (χ0) is 19.1. The Balaban J connectivity index is 2.21. The average Bonchev–Trinajstić information content (AvgIpc) is 2.65. The normalized spacial score (nSPS) is 11.5. The van der Waals surface area contributed by atoms with Crippen LogP contribution in [0.2, 0.25) is 0 Å². The highest BCUT2D eigenvalue weighted by atomic mass is 16.5. The molecule has 0 aliphatic rings. The summed E-state index contributed by atoms with van der Waals surface area (Å²) in [5.41, 5.74) is 2.99. The third-order valence-corrected chi connectivity index (χ3v) is 4.36. The van der Waals surface area contributed by atoms with Crippen molar-refractivity contribution >= 4 is 11.8 Å². The molecule has 138 valence electrons. The minimum absolute atomic E-state index is 0.0810. The van der Waals surface area contributed by atoms with Crippen molar-refractivity contribution in [3.05, 3.63) is 65.2 Å². The van der Waals surface area contributed by atoms with Crippen molar-refractivity contribution < 1.29 is 14.3 Å². The van der Waals surface area contributed by atoms with Gasteiger partial charge in [-0.1, -0.05) is 42.0 Å². The number of aryl methyl sites for hydroxylation is 1. The molecule has 0 heterocycles. The van der Waals surface area contributed by atoms with E-state index in [4.69, 9.17) is 4.74 Å². The van der Waals surface area contributed by atoms with Crippen molar-refractivity contribution in [2.24, 2.45) is 0 Å². The molecule has 0 spiro atoms. The molecule has 0 saturated heterocycles. The predicted octanol–water partition coefficient (Wildman–Crippen LogP) is 2.71. The summed E-state index contributed by atoms with van der Waals surface area (Å²) in [6.45, 7) is 4.11. The molecule has 1 N–H and O–H groups in total. The zero-order valence-corrected chi connectivity index (χ0v) is 15.8. The van der Waals surface area contributed by atoms with Crippen molar-refractivity contribution in [3.8, 4) is 5.75 Å². The van der Waals surface area contributed by atoms with Gasteiger partial charge in [-0.25, -0.2) is 0 Å². The molecule has 0 saturated carbocycles. The van der Waals surface area contributed by atoms with E-state index in [1.54, 1.807) is 26.0 Å². The van der Waals surface area contributed by atoms with Crippen LogP contribution < -0.4 is 10.1 Å². The number of amides is 2. The molecule has 2 amide bonds. The van der Waals surface area contributed by atoms with Gasteiger partial charge in [0.05, 0.1) is 13.5 Å². The van der Waals surface area contributed by atoms with Gasteiger partial charge in [0.1, 0.15) is 11.8 Å². The fourth-order valence-electron chi connectivity index (χ4n) is 2.82. The summed E-state index contributed by atoms with van der Waals surface area (Å²) in [6, 6.07) is 14.8. The summed E-state index contributed by atoms with van der Waals surface area (Å²) in [5, 5.41) is 2.62. The van der Waals surface area contributed by atoms with Crippen molar-refractivity contribution in [3.63, 3.8) is 0 Å². The Morgan fingerprint density at radius 3 is 2.38 bits per heavy atom. The highest BCUT2D eigenvalue weighted by Crippen LogP contribution is 2.16. The van der Waals surface area contributed by atoms with Crippen LogP contribution in [-0.2, 0) is 22.6 Å². The Morgan fingerprint density at radius 1 is 1.12 bits per heavy atom. The summed E-state index contributed by atoms with van der Waals surface area (Å²) in [4.78, 5) is 26.7. The monoisotopic (exact) mass is 354 g/mol. The summed E-state index contributed by atoms with van der Waals surface area (Å²) in [6.07, 6.45) is 0.263. The molecule has 2 rings (SSSR count). The third-order valence-electron chi connectivity index (χ3n) is 4.36. The van der Waals surface area contributed by atoms with Gasteiger partial charge >= 0.3 is 0 Å².